The average Bonchev–Trinajstić information content (AvgIpc) is 2.71. The van der Waals surface area contributed by atoms with Gasteiger partial charge < -0.3 is 50.0 Å². The number of aryl methyl sites for hydroxylation is 1. The molecule has 1 fully saturated rings. The number of aliphatic carboxylic acids is 1. The molecule has 6 unspecified atom stereocenters. The van der Waals surface area contributed by atoms with Crippen LogP contribution in [0.2, 0.25) is 0 Å². The van der Waals surface area contributed by atoms with Gasteiger partial charge in [0.15, 0.2) is 6.29 Å². The summed E-state index contributed by atoms with van der Waals surface area (Å²) in [5, 5.41) is 68.6. The predicted molar refractivity (Wildman–Crippen MR) is 106 cm³/mol. The first-order valence-electron chi connectivity index (χ1n) is 10.0. The van der Waals surface area contributed by atoms with Crippen molar-refractivity contribution >= 4 is 11.9 Å². The van der Waals surface area contributed by atoms with Crippen LogP contribution < -0.4 is 0 Å². The maximum absolute atomic E-state index is 11.9. The normalized spacial score (nSPS) is 27.1. The van der Waals surface area contributed by atoms with Crippen LogP contribution in [0.1, 0.15) is 36.6 Å². The van der Waals surface area contributed by atoms with Gasteiger partial charge >= 0.3 is 11.9 Å². The van der Waals surface area contributed by atoms with Crippen molar-refractivity contribution in [2.45, 2.75) is 76.2 Å². The molecular weight excluding hydrogens is 446 g/mol. The highest BCUT2D eigenvalue weighted by Gasteiger charge is 2.45. The van der Waals surface area contributed by atoms with Crippen molar-refractivity contribution in [1.82, 2.24) is 4.98 Å². The highest BCUT2D eigenvalue weighted by Crippen LogP contribution is 2.27. The number of carboxylic acids is 1. The number of rotatable bonds is 10. The number of aromatic nitrogens is 1. The van der Waals surface area contributed by atoms with Gasteiger partial charge in [-0.3, -0.25) is 14.6 Å². The van der Waals surface area contributed by atoms with Gasteiger partial charge in [-0.15, -0.1) is 0 Å². The fraction of sp³-hybridized carbons (Fsp3) is 0.650. The molecule has 13 nitrogen and oxygen atoms in total. The highest BCUT2D eigenvalue weighted by atomic mass is 16.7. The maximum Gasteiger partial charge on any atom is 0.308 e. The molecule has 186 valence electrons. The Morgan fingerprint density at radius 2 is 1.85 bits per heavy atom. The molecule has 13 heteroatoms. The fourth-order valence-electron chi connectivity index (χ4n) is 3.27. The number of pyridine rings is 1. The Balaban J connectivity index is 2.00. The molecule has 0 spiro atoms. The monoisotopic (exact) mass is 475 g/mol. The van der Waals surface area contributed by atoms with Gasteiger partial charge in [-0.2, -0.15) is 0 Å². The van der Waals surface area contributed by atoms with Crippen LogP contribution in [-0.2, 0) is 37.0 Å². The van der Waals surface area contributed by atoms with Crippen LogP contribution in [0.15, 0.2) is 6.20 Å². The van der Waals surface area contributed by atoms with Gasteiger partial charge in [-0.25, -0.2) is 0 Å². The van der Waals surface area contributed by atoms with Gasteiger partial charge in [-0.05, 0) is 13.8 Å². The van der Waals surface area contributed by atoms with E-state index in [0.717, 1.165) is 6.92 Å². The smallest absolute Gasteiger partial charge is 0.308 e. The lowest BCUT2D eigenvalue weighted by molar-refractivity contribution is -0.304. The Labute approximate surface area is 188 Å². The number of aliphatic hydroxyl groups excluding tert-OH is 4. The van der Waals surface area contributed by atoms with Crippen molar-refractivity contribution in [3.05, 3.63) is 23.0 Å². The zero-order valence-electron chi connectivity index (χ0n) is 18.1. The predicted octanol–water partition coefficient (Wildman–Crippen LogP) is -1.93. The third kappa shape index (κ3) is 7.04. The summed E-state index contributed by atoms with van der Waals surface area (Å²) >= 11 is 0. The number of hydrogen-bond acceptors (Lipinski definition) is 12. The number of carbonyl (C=O) groups excluding carboxylic acids is 1. The van der Waals surface area contributed by atoms with Gasteiger partial charge in [0.05, 0.1) is 37.4 Å². The van der Waals surface area contributed by atoms with Gasteiger partial charge in [0.25, 0.3) is 0 Å². The van der Waals surface area contributed by atoms with Crippen LogP contribution in [0, 0.1) is 6.92 Å². The second-order valence-corrected chi connectivity index (χ2v) is 8.11. The summed E-state index contributed by atoms with van der Waals surface area (Å²) in [4.78, 5) is 26.6. The number of esters is 1. The second-order valence-electron chi connectivity index (χ2n) is 8.11. The minimum atomic E-state index is -1.85. The largest absolute Gasteiger partial charge is 0.506 e. The van der Waals surface area contributed by atoms with Crippen molar-refractivity contribution < 1.29 is 59.5 Å². The third-order valence-corrected chi connectivity index (χ3v) is 5.13. The van der Waals surface area contributed by atoms with Crippen LogP contribution in [0.25, 0.3) is 0 Å². The van der Waals surface area contributed by atoms with Gasteiger partial charge in [0.1, 0.15) is 36.8 Å². The molecule has 1 aromatic heterocycles. The molecule has 1 saturated heterocycles. The molecule has 0 radical (unpaired) electrons. The molecule has 6 atom stereocenters. The standard InChI is InChI=1S/C20H29NO12/c1-9-15(26)11(6-22)10(5-21-9)7-32-19-18(29)17(28)16(27)12(33-19)8-31-14(25)4-20(2,30)3-13(23)24/h5,12,16-19,22,26-30H,3-4,6-8H2,1-2H3,(H,23,24). The topological polar surface area (TPSA) is 216 Å². The highest BCUT2D eigenvalue weighted by molar-refractivity contribution is 5.73. The second kappa shape index (κ2) is 11.2. The zero-order valence-corrected chi connectivity index (χ0v) is 18.1. The average molecular weight is 475 g/mol. The summed E-state index contributed by atoms with van der Waals surface area (Å²) in [5.41, 5.74) is -1.11. The number of aliphatic hydroxyl groups is 5. The van der Waals surface area contributed by atoms with E-state index < -0.39 is 74.3 Å². The van der Waals surface area contributed by atoms with Gasteiger partial charge in [0, 0.05) is 17.3 Å². The van der Waals surface area contributed by atoms with E-state index in [1.807, 2.05) is 0 Å². The number of hydrogen-bond donors (Lipinski definition) is 7. The Kier molecular flexibility index (Phi) is 9.08. The Hall–Kier alpha value is -2.39. The summed E-state index contributed by atoms with van der Waals surface area (Å²) in [6.45, 7) is 1.31. The molecule has 1 aromatic rings. The molecule has 0 saturated carbocycles. The molecule has 1 aliphatic heterocycles. The SMILES string of the molecule is Cc1ncc(COC2OC(COC(=O)CC(C)(O)CC(=O)O)C(O)C(O)C2O)c(CO)c1O. The van der Waals surface area contributed by atoms with Crippen molar-refractivity contribution in [2.75, 3.05) is 6.61 Å². The number of aromatic hydroxyl groups is 1. The first-order chi connectivity index (χ1) is 15.4. The molecule has 0 aliphatic carbocycles. The van der Waals surface area contributed by atoms with Crippen LogP contribution in [-0.4, -0.2) is 95.6 Å². The Bertz CT molecular complexity index is 845. The van der Waals surface area contributed by atoms with E-state index >= 15 is 0 Å². The molecule has 1 aliphatic rings. The van der Waals surface area contributed by atoms with E-state index in [1.54, 1.807) is 0 Å². The molecule has 0 amide bonds. The van der Waals surface area contributed by atoms with Crippen LogP contribution in [0.5, 0.6) is 5.75 Å². The summed E-state index contributed by atoms with van der Waals surface area (Å²) in [7, 11) is 0. The van der Waals surface area contributed by atoms with Crippen LogP contribution >= 0.6 is 0 Å². The van der Waals surface area contributed by atoms with E-state index in [0.29, 0.717) is 11.3 Å². The lowest BCUT2D eigenvalue weighted by Gasteiger charge is -2.40. The molecule has 0 aromatic carbocycles. The molecule has 7 N–H and O–H groups in total. The molecule has 33 heavy (non-hydrogen) atoms. The lowest BCUT2D eigenvalue weighted by atomic mass is 9.98. The number of carboxylic acid groups (broad SMARTS) is 1. The van der Waals surface area contributed by atoms with E-state index in [9.17, 15) is 40.2 Å². The number of carbonyl (C=O) groups is 2. The number of nitrogens with zero attached hydrogens (tertiary/aromatic N) is 1. The Morgan fingerprint density at radius 1 is 1.18 bits per heavy atom. The van der Waals surface area contributed by atoms with E-state index in [-0.39, 0.29) is 17.9 Å². The van der Waals surface area contributed by atoms with Crippen molar-refractivity contribution in [1.29, 1.82) is 0 Å². The summed E-state index contributed by atoms with van der Waals surface area (Å²) in [5.74, 6) is -2.50. The van der Waals surface area contributed by atoms with Crippen LogP contribution in [0.4, 0.5) is 0 Å². The third-order valence-electron chi connectivity index (χ3n) is 5.13. The van der Waals surface area contributed by atoms with E-state index in [2.05, 4.69) is 4.98 Å². The van der Waals surface area contributed by atoms with Gasteiger partial charge in [0.2, 0.25) is 0 Å². The maximum atomic E-state index is 11.9. The zero-order chi connectivity index (χ0) is 24.9. The van der Waals surface area contributed by atoms with E-state index in [4.69, 9.17) is 19.3 Å². The summed E-state index contributed by atoms with van der Waals surface area (Å²) in [6.07, 6.45) is -7.81. The first-order valence-corrected chi connectivity index (χ1v) is 10.0. The van der Waals surface area contributed by atoms with Gasteiger partial charge in [-0.1, -0.05) is 0 Å². The fourth-order valence-corrected chi connectivity index (χ4v) is 3.27. The van der Waals surface area contributed by atoms with Crippen molar-refractivity contribution in [3.63, 3.8) is 0 Å². The molecule has 2 heterocycles. The van der Waals surface area contributed by atoms with Crippen molar-refractivity contribution in [2.24, 2.45) is 0 Å². The minimum absolute atomic E-state index is 0.160. The first kappa shape index (κ1) is 26.9. The molecular formula is C20H29NO12. The summed E-state index contributed by atoms with van der Waals surface area (Å²) in [6, 6.07) is 0. The number of ether oxygens (including phenoxy) is 3. The lowest BCUT2D eigenvalue weighted by Crippen LogP contribution is -2.59. The Morgan fingerprint density at radius 3 is 2.45 bits per heavy atom. The van der Waals surface area contributed by atoms with Crippen molar-refractivity contribution in [3.8, 4) is 5.75 Å². The molecule has 2 rings (SSSR count). The summed E-state index contributed by atoms with van der Waals surface area (Å²) < 4.78 is 15.8. The van der Waals surface area contributed by atoms with Crippen LogP contribution in [0.3, 0.4) is 0 Å². The quantitative estimate of drug-likeness (QED) is 0.184. The van der Waals surface area contributed by atoms with E-state index in [1.165, 1.54) is 13.1 Å². The molecule has 0 bridgehead atoms. The minimum Gasteiger partial charge on any atom is -0.506 e.